The van der Waals surface area contributed by atoms with Crippen LogP contribution in [-0.4, -0.2) is 23.6 Å². The third kappa shape index (κ3) is 5.20. The van der Waals surface area contributed by atoms with Gasteiger partial charge in [-0.2, -0.15) is 5.26 Å². The van der Waals surface area contributed by atoms with Crippen molar-refractivity contribution in [1.29, 1.82) is 5.26 Å². The molecule has 180 valence electrons. The Morgan fingerprint density at radius 3 is 2.60 bits per heavy atom. The minimum atomic E-state index is -0.507. The Morgan fingerprint density at radius 1 is 1.20 bits per heavy atom. The number of para-hydroxylation sites is 1. The Labute approximate surface area is 206 Å². The molecule has 8 heteroatoms. The van der Waals surface area contributed by atoms with E-state index in [2.05, 4.69) is 12.2 Å². The molecule has 2 aromatic carbocycles. The van der Waals surface area contributed by atoms with Crippen molar-refractivity contribution in [1.82, 2.24) is 9.88 Å². The molecule has 1 saturated carbocycles. The number of benzene rings is 2. The van der Waals surface area contributed by atoms with Crippen LogP contribution in [0.15, 0.2) is 53.3 Å². The lowest BCUT2D eigenvalue weighted by Crippen LogP contribution is -2.42. The number of carbonyl (C=O) groups excluding carboxylic acids is 1. The molecule has 0 bridgehead atoms. The van der Waals surface area contributed by atoms with Crippen LogP contribution in [0.4, 0.5) is 4.39 Å². The van der Waals surface area contributed by atoms with Gasteiger partial charge >= 0.3 is 0 Å². The van der Waals surface area contributed by atoms with E-state index in [1.54, 1.807) is 19.3 Å². The summed E-state index contributed by atoms with van der Waals surface area (Å²) in [6.07, 6.45) is 5.69. The fourth-order valence-electron chi connectivity index (χ4n) is 4.37. The highest BCUT2D eigenvalue weighted by Gasteiger charge is 2.25. The SMILES string of the molecule is COc1ccccc1/C=c1\s/c(=C(/C#N)C(=O)N[C@H]2CCCC[C@@H]2C)n(-c2ccc(F)cc2)c1=O. The molecule has 35 heavy (non-hydrogen) atoms. The lowest BCUT2D eigenvalue weighted by atomic mass is 9.86. The lowest BCUT2D eigenvalue weighted by molar-refractivity contribution is -0.116. The van der Waals surface area contributed by atoms with E-state index in [0.29, 0.717) is 27.5 Å². The van der Waals surface area contributed by atoms with Gasteiger partial charge in [0.05, 0.1) is 17.3 Å². The maximum absolute atomic E-state index is 13.6. The Kier molecular flexibility index (Phi) is 7.47. The topological polar surface area (TPSA) is 84.1 Å². The molecule has 1 aromatic heterocycles. The van der Waals surface area contributed by atoms with Crippen molar-refractivity contribution in [3.63, 3.8) is 0 Å². The second kappa shape index (κ2) is 10.7. The number of hydrogen-bond donors (Lipinski definition) is 1. The maximum Gasteiger partial charge on any atom is 0.273 e. The minimum absolute atomic E-state index is 0.0230. The van der Waals surface area contributed by atoms with Crippen LogP contribution in [-0.2, 0) is 4.79 Å². The summed E-state index contributed by atoms with van der Waals surface area (Å²) in [7, 11) is 1.54. The Balaban J connectivity index is 1.93. The number of aromatic nitrogens is 1. The second-order valence-corrected chi connectivity index (χ2v) is 9.63. The van der Waals surface area contributed by atoms with Gasteiger partial charge in [-0.25, -0.2) is 4.39 Å². The van der Waals surface area contributed by atoms with E-state index in [9.17, 15) is 19.2 Å². The summed E-state index contributed by atoms with van der Waals surface area (Å²) >= 11 is 1.05. The first kappa shape index (κ1) is 24.4. The molecule has 1 aliphatic carbocycles. The summed E-state index contributed by atoms with van der Waals surface area (Å²) in [6.45, 7) is 2.09. The molecule has 0 spiro atoms. The number of nitrogens with zero attached hydrogens (tertiary/aromatic N) is 2. The third-order valence-corrected chi connectivity index (χ3v) is 7.41. The standard InChI is InChI=1S/C27H26FN3O3S/c1-17-7-3-5-9-22(17)30-25(32)21(16-29)27-31(20-13-11-19(28)12-14-20)26(33)24(35-27)15-18-8-4-6-10-23(18)34-2/h4,6,8,10-15,17,22H,3,5,7,9H2,1-2H3,(H,30,32)/b24-15-,27-21-/t17-,22-/m0/s1. The van der Waals surface area contributed by atoms with Gasteiger partial charge in [-0.05, 0) is 55.2 Å². The average molecular weight is 492 g/mol. The summed E-state index contributed by atoms with van der Waals surface area (Å²) in [5.41, 5.74) is 0.502. The first-order valence-electron chi connectivity index (χ1n) is 11.5. The summed E-state index contributed by atoms with van der Waals surface area (Å²) in [4.78, 5) is 26.8. The van der Waals surface area contributed by atoms with Gasteiger partial charge in [0.15, 0.2) is 5.57 Å². The normalized spacial score (nSPS) is 19.1. The number of amides is 1. The van der Waals surface area contributed by atoms with Gasteiger partial charge in [-0.15, -0.1) is 11.3 Å². The van der Waals surface area contributed by atoms with Crippen LogP contribution in [0.1, 0.15) is 38.2 Å². The fraction of sp³-hybridized carbons (Fsp3) is 0.296. The van der Waals surface area contributed by atoms with Gasteiger partial charge in [0.25, 0.3) is 11.5 Å². The Morgan fingerprint density at radius 2 is 1.91 bits per heavy atom. The molecule has 1 fully saturated rings. The summed E-state index contributed by atoms with van der Waals surface area (Å²) in [5.74, 6) is -0.0616. The maximum atomic E-state index is 13.6. The fourth-order valence-corrected chi connectivity index (χ4v) is 5.46. The van der Waals surface area contributed by atoms with Crippen LogP contribution < -0.4 is 24.8 Å². The zero-order chi connectivity index (χ0) is 24.9. The Bertz CT molecular complexity index is 1450. The zero-order valence-corrected chi connectivity index (χ0v) is 20.4. The predicted molar refractivity (Wildman–Crippen MR) is 134 cm³/mol. The minimum Gasteiger partial charge on any atom is -0.496 e. The quantitative estimate of drug-likeness (QED) is 0.594. The molecule has 1 aliphatic rings. The molecular formula is C27H26FN3O3S. The number of rotatable bonds is 5. The summed E-state index contributed by atoms with van der Waals surface area (Å²) in [6, 6.07) is 14.6. The highest BCUT2D eigenvalue weighted by atomic mass is 32.1. The van der Waals surface area contributed by atoms with Gasteiger partial charge in [-0.3, -0.25) is 14.2 Å². The molecule has 3 aromatic rings. The van der Waals surface area contributed by atoms with Gasteiger partial charge in [0.2, 0.25) is 0 Å². The molecule has 2 atom stereocenters. The average Bonchev–Trinajstić information content (AvgIpc) is 3.17. The molecule has 1 amide bonds. The monoisotopic (exact) mass is 491 g/mol. The van der Waals surface area contributed by atoms with Crippen molar-refractivity contribution in [2.75, 3.05) is 7.11 Å². The highest BCUT2D eigenvalue weighted by molar-refractivity contribution is 7.07. The van der Waals surface area contributed by atoms with E-state index in [1.165, 1.54) is 28.8 Å². The summed E-state index contributed by atoms with van der Waals surface area (Å²) in [5, 5.41) is 13.0. The molecule has 6 nitrogen and oxygen atoms in total. The molecule has 0 aliphatic heterocycles. The van der Waals surface area contributed by atoms with Crippen LogP contribution in [0, 0.1) is 23.1 Å². The summed E-state index contributed by atoms with van der Waals surface area (Å²) < 4.78 is 20.8. The number of nitrogens with one attached hydrogen (secondary N) is 1. The van der Waals surface area contributed by atoms with Gasteiger partial charge in [-0.1, -0.05) is 38.0 Å². The van der Waals surface area contributed by atoms with Gasteiger partial charge in [0, 0.05) is 11.6 Å². The van der Waals surface area contributed by atoms with Crippen LogP contribution in [0.3, 0.4) is 0 Å². The van der Waals surface area contributed by atoms with Crippen molar-refractivity contribution in [3.8, 4) is 17.5 Å². The van der Waals surface area contributed by atoms with E-state index < -0.39 is 17.3 Å². The Hall–Kier alpha value is -3.70. The first-order valence-corrected chi connectivity index (χ1v) is 12.3. The number of nitriles is 1. The second-order valence-electron chi connectivity index (χ2n) is 8.60. The molecule has 0 radical (unpaired) electrons. The zero-order valence-electron chi connectivity index (χ0n) is 19.6. The van der Waals surface area contributed by atoms with E-state index in [0.717, 1.165) is 37.0 Å². The van der Waals surface area contributed by atoms with Gasteiger partial charge < -0.3 is 10.1 Å². The molecule has 1 heterocycles. The molecule has 1 N–H and O–H groups in total. The predicted octanol–water partition coefficient (Wildman–Crippen LogP) is 3.24. The van der Waals surface area contributed by atoms with Crippen LogP contribution >= 0.6 is 11.3 Å². The van der Waals surface area contributed by atoms with E-state index in [-0.39, 0.29) is 16.3 Å². The third-order valence-electron chi connectivity index (χ3n) is 6.31. The molecule has 0 saturated heterocycles. The van der Waals surface area contributed by atoms with Gasteiger partial charge in [0.1, 0.15) is 22.3 Å². The number of ether oxygens (including phenoxy) is 1. The molecule has 4 rings (SSSR count). The lowest BCUT2D eigenvalue weighted by Gasteiger charge is -2.29. The number of halogens is 1. The largest absolute Gasteiger partial charge is 0.496 e. The van der Waals surface area contributed by atoms with Crippen molar-refractivity contribution in [2.24, 2.45) is 5.92 Å². The number of carbonyl (C=O) groups is 1. The smallest absolute Gasteiger partial charge is 0.273 e. The van der Waals surface area contributed by atoms with Crippen LogP contribution in [0.5, 0.6) is 5.75 Å². The molecule has 0 unspecified atom stereocenters. The van der Waals surface area contributed by atoms with Crippen molar-refractivity contribution >= 4 is 28.9 Å². The van der Waals surface area contributed by atoms with Crippen molar-refractivity contribution in [3.05, 3.63) is 79.5 Å². The number of hydrogen-bond acceptors (Lipinski definition) is 5. The van der Waals surface area contributed by atoms with Crippen LogP contribution in [0.2, 0.25) is 0 Å². The van der Waals surface area contributed by atoms with Crippen molar-refractivity contribution in [2.45, 2.75) is 38.6 Å². The highest BCUT2D eigenvalue weighted by Crippen LogP contribution is 2.24. The van der Waals surface area contributed by atoms with E-state index in [1.807, 2.05) is 24.3 Å². The molecular weight excluding hydrogens is 465 g/mol. The first-order chi connectivity index (χ1) is 16.9. The number of thiazole rings is 1. The van der Waals surface area contributed by atoms with Crippen molar-refractivity contribution < 1.29 is 13.9 Å². The van der Waals surface area contributed by atoms with E-state index >= 15 is 0 Å². The van der Waals surface area contributed by atoms with E-state index in [4.69, 9.17) is 4.74 Å². The number of methoxy groups -OCH3 is 1. The van der Waals surface area contributed by atoms with Crippen LogP contribution in [0.25, 0.3) is 17.3 Å².